The van der Waals surface area contributed by atoms with Crippen LogP contribution in [0, 0.1) is 11.8 Å². The standard InChI is InChI=1S/C22H16N2O5/c1-13(25)29-17(12-11-14-7-3-2-4-8-14)18-19(20(26)23-18)24-21(27)15-9-5-6-10-16(15)22(24)28/h2-10,17-19H,1H3,(H,23,26)/t17-,18+,19-/m1/s1. The molecule has 2 aromatic rings. The van der Waals surface area contributed by atoms with Crippen LogP contribution in [-0.4, -0.2) is 46.8 Å². The average molecular weight is 388 g/mol. The molecule has 0 spiro atoms. The van der Waals surface area contributed by atoms with Crippen molar-refractivity contribution in [2.45, 2.75) is 25.1 Å². The summed E-state index contributed by atoms with van der Waals surface area (Å²) in [4.78, 5) is 50.3. The minimum Gasteiger partial charge on any atom is -0.447 e. The van der Waals surface area contributed by atoms with Gasteiger partial charge in [0.05, 0.1) is 11.1 Å². The molecule has 2 aromatic carbocycles. The van der Waals surface area contributed by atoms with Crippen molar-refractivity contribution in [1.29, 1.82) is 0 Å². The van der Waals surface area contributed by atoms with E-state index in [1.54, 1.807) is 36.4 Å². The molecule has 3 amide bonds. The van der Waals surface area contributed by atoms with Gasteiger partial charge in [0, 0.05) is 12.5 Å². The Morgan fingerprint density at radius 1 is 1.00 bits per heavy atom. The fourth-order valence-electron chi connectivity index (χ4n) is 3.42. The highest BCUT2D eigenvalue weighted by Gasteiger charge is 2.54. The summed E-state index contributed by atoms with van der Waals surface area (Å²) < 4.78 is 5.29. The highest BCUT2D eigenvalue weighted by atomic mass is 16.5. The van der Waals surface area contributed by atoms with Gasteiger partial charge in [-0.15, -0.1) is 0 Å². The van der Waals surface area contributed by atoms with Crippen LogP contribution in [0.1, 0.15) is 33.2 Å². The number of nitrogens with one attached hydrogen (secondary N) is 1. The van der Waals surface area contributed by atoms with Crippen molar-refractivity contribution in [3.63, 3.8) is 0 Å². The molecule has 0 aliphatic carbocycles. The van der Waals surface area contributed by atoms with Crippen LogP contribution in [0.2, 0.25) is 0 Å². The van der Waals surface area contributed by atoms with Crippen molar-refractivity contribution >= 4 is 23.7 Å². The highest BCUT2D eigenvalue weighted by molar-refractivity contribution is 6.23. The van der Waals surface area contributed by atoms with Crippen molar-refractivity contribution in [3.05, 3.63) is 71.3 Å². The van der Waals surface area contributed by atoms with Gasteiger partial charge in [0.2, 0.25) is 5.91 Å². The number of ether oxygens (including phenoxy) is 1. The zero-order valence-corrected chi connectivity index (χ0v) is 15.4. The fraction of sp³-hybridized carbons (Fsp3) is 0.182. The zero-order valence-electron chi connectivity index (χ0n) is 15.4. The van der Waals surface area contributed by atoms with E-state index < -0.39 is 41.9 Å². The van der Waals surface area contributed by atoms with Crippen LogP contribution >= 0.6 is 0 Å². The number of carbonyl (C=O) groups is 4. The van der Waals surface area contributed by atoms with Crippen molar-refractivity contribution in [2.75, 3.05) is 0 Å². The quantitative estimate of drug-likeness (QED) is 0.368. The first kappa shape index (κ1) is 18.4. The lowest BCUT2D eigenvalue weighted by Gasteiger charge is -2.42. The number of β-lactam (4-membered cyclic amide) rings is 1. The summed E-state index contributed by atoms with van der Waals surface area (Å²) in [6.45, 7) is 1.23. The van der Waals surface area contributed by atoms with E-state index in [1.165, 1.54) is 6.92 Å². The van der Waals surface area contributed by atoms with E-state index in [0.29, 0.717) is 5.56 Å². The largest absolute Gasteiger partial charge is 0.447 e. The molecule has 144 valence electrons. The van der Waals surface area contributed by atoms with Crippen LogP contribution in [0.5, 0.6) is 0 Å². The van der Waals surface area contributed by atoms with Gasteiger partial charge in [0.1, 0.15) is 12.1 Å². The number of nitrogens with zero attached hydrogens (tertiary/aromatic N) is 1. The maximum Gasteiger partial charge on any atom is 0.303 e. The molecule has 29 heavy (non-hydrogen) atoms. The number of fused-ring (bicyclic) bond motifs is 1. The third-order valence-electron chi connectivity index (χ3n) is 4.77. The van der Waals surface area contributed by atoms with E-state index >= 15 is 0 Å². The molecule has 1 fully saturated rings. The monoisotopic (exact) mass is 388 g/mol. The Hall–Kier alpha value is -3.92. The molecule has 2 aliphatic rings. The Balaban J connectivity index is 1.64. The average Bonchev–Trinajstić information content (AvgIpc) is 2.95. The van der Waals surface area contributed by atoms with Crippen molar-refractivity contribution in [1.82, 2.24) is 10.2 Å². The lowest BCUT2D eigenvalue weighted by molar-refractivity contribution is -0.152. The molecule has 1 N–H and O–H groups in total. The second kappa shape index (κ2) is 7.24. The van der Waals surface area contributed by atoms with Gasteiger partial charge >= 0.3 is 5.97 Å². The third-order valence-corrected chi connectivity index (χ3v) is 4.77. The van der Waals surface area contributed by atoms with E-state index in [2.05, 4.69) is 17.2 Å². The number of hydrogen-bond acceptors (Lipinski definition) is 5. The van der Waals surface area contributed by atoms with E-state index in [0.717, 1.165) is 4.90 Å². The summed E-state index contributed by atoms with van der Waals surface area (Å²) in [7, 11) is 0. The molecule has 0 radical (unpaired) electrons. The summed E-state index contributed by atoms with van der Waals surface area (Å²) in [5.74, 6) is 3.56. The highest BCUT2D eigenvalue weighted by Crippen LogP contribution is 2.29. The first-order valence-corrected chi connectivity index (χ1v) is 8.98. The predicted octanol–water partition coefficient (Wildman–Crippen LogP) is 1.13. The lowest BCUT2D eigenvalue weighted by atomic mass is 9.91. The topological polar surface area (TPSA) is 92.8 Å². The molecular weight excluding hydrogens is 372 g/mol. The van der Waals surface area contributed by atoms with E-state index in [9.17, 15) is 19.2 Å². The number of rotatable bonds is 3. The first-order chi connectivity index (χ1) is 14.0. The molecule has 0 saturated carbocycles. The van der Waals surface area contributed by atoms with E-state index in [4.69, 9.17) is 4.74 Å². The molecular formula is C22H16N2O5. The molecule has 2 aliphatic heterocycles. The van der Waals surface area contributed by atoms with Crippen molar-refractivity contribution in [3.8, 4) is 11.8 Å². The molecule has 1 saturated heterocycles. The van der Waals surface area contributed by atoms with Gasteiger partial charge in [-0.05, 0) is 24.3 Å². The number of benzene rings is 2. The van der Waals surface area contributed by atoms with Crippen LogP contribution < -0.4 is 5.32 Å². The molecule has 2 heterocycles. The minimum absolute atomic E-state index is 0.246. The lowest BCUT2D eigenvalue weighted by Crippen LogP contribution is -2.73. The second-order valence-electron chi connectivity index (χ2n) is 6.67. The molecule has 0 aromatic heterocycles. The van der Waals surface area contributed by atoms with E-state index in [1.807, 2.05) is 18.2 Å². The Morgan fingerprint density at radius 3 is 2.14 bits per heavy atom. The predicted molar refractivity (Wildman–Crippen MR) is 102 cm³/mol. The molecule has 0 bridgehead atoms. The van der Waals surface area contributed by atoms with E-state index in [-0.39, 0.29) is 11.1 Å². The molecule has 3 atom stereocenters. The molecule has 4 rings (SSSR count). The first-order valence-electron chi connectivity index (χ1n) is 8.98. The molecule has 0 unspecified atom stereocenters. The number of carbonyl (C=O) groups excluding carboxylic acids is 4. The minimum atomic E-state index is -1.10. The van der Waals surface area contributed by atoms with Crippen LogP contribution in [0.15, 0.2) is 54.6 Å². The van der Waals surface area contributed by atoms with Gasteiger partial charge in [0.15, 0.2) is 6.10 Å². The maximum atomic E-state index is 12.7. The van der Waals surface area contributed by atoms with Gasteiger partial charge < -0.3 is 10.1 Å². The van der Waals surface area contributed by atoms with Gasteiger partial charge in [-0.2, -0.15) is 0 Å². The van der Waals surface area contributed by atoms with Crippen LogP contribution in [0.25, 0.3) is 0 Å². The molecule has 7 nitrogen and oxygen atoms in total. The van der Waals surface area contributed by atoms with Crippen molar-refractivity contribution in [2.24, 2.45) is 0 Å². The smallest absolute Gasteiger partial charge is 0.303 e. The Bertz CT molecular complexity index is 1050. The van der Waals surface area contributed by atoms with Crippen LogP contribution in [0.4, 0.5) is 0 Å². The van der Waals surface area contributed by atoms with Crippen LogP contribution in [0.3, 0.4) is 0 Å². The summed E-state index contributed by atoms with van der Waals surface area (Å²) in [5.41, 5.74) is 1.19. The Kier molecular flexibility index (Phi) is 4.61. The summed E-state index contributed by atoms with van der Waals surface area (Å²) in [6.07, 6.45) is -1.01. The summed E-state index contributed by atoms with van der Waals surface area (Å²) in [6, 6.07) is 13.5. The Morgan fingerprint density at radius 2 is 1.59 bits per heavy atom. The normalized spacial score (nSPS) is 20.7. The Labute approximate surface area is 166 Å². The number of amides is 3. The maximum absolute atomic E-state index is 12.7. The SMILES string of the molecule is CC(=O)O[C@H](C#Cc1ccccc1)[C@@H]1NC(=O)[C@@H]1N1C(=O)c2ccccc2C1=O. The second-order valence-corrected chi connectivity index (χ2v) is 6.67. The van der Waals surface area contributed by atoms with Crippen molar-refractivity contribution < 1.29 is 23.9 Å². The fourth-order valence-corrected chi connectivity index (χ4v) is 3.42. The van der Waals surface area contributed by atoms with Gasteiger partial charge in [0.25, 0.3) is 11.8 Å². The summed E-state index contributed by atoms with van der Waals surface area (Å²) >= 11 is 0. The van der Waals surface area contributed by atoms with Crippen LogP contribution in [-0.2, 0) is 14.3 Å². The van der Waals surface area contributed by atoms with Gasteiger partial charge in [-0.1, -0.05) is 42.2 Å². The molecule has 7 heteroatoms. The summed E-state index contributed by atoms with van der Waals surface area (Å²) in [5, 5.41) is 2.61. The number of esters is 1. The number of hydrogen-bond donors (Lipinski definition) is 1. The van der Waals surface area contributed by atoms with Gasteiger partial charge in [-0.3, -0.25) is 24.1 Å². The number of imide groups is 1. The third kappa shape index (κ3) is 3.25. The van der Waals surface area contributed by atoms with Gasteiger partial charge in [-0.25, -0.2) is 0 Å². The zero-order chi connectivity index (χ0) is 20.5.